The minimum atomic E-state index is -0.541. The summed E-state index contributed by atoms with van der Waals surface area (Å²) in [7, 11) is 0. The van der Waals surface area contributed by atoms with Gasteiger partial charge in [0, 0.05) is 10.6 Å². The monoisotopic (exact) mass is 347 g/mol. The SMILES string of the molecule is C=C(NNC(=O)CNC(=O)c1cccc(F)c1)c1ccc(Cl)cc1. The van der Waals surface area contributed by atoms with E-state index >= 15 is 0 Å². The summed E-state index contributed by atoms with van der Waals surface area (Å²) in [5.41, 5.74) is 6.41. The lowest BCUT2D eigenvalue weighted by Gasteiger charge is -2.12. The number of rotatable bonds is 6. The number of halogens is 2. The standard InChI is InChI=1S/C17H15ClFN3O2/c1-11(12-5-7-14(18)8-6-12)21-22-16(23)10-20-17(24)13-3-2-4-15(19)9-13/h2-9,21H,1,10H2,(H,20,24)(H,22,23). The van der Waals surface area contributed by atoms with Gasteiger partial charge in [0.05, 0.1) is 12.2 Å². The maximum atomic E-state index is 13.0. The molecule has 0 saturated heterocycles. The van der Waals surface area contributed by atoms with Gasteiger partial charge >= 0.3 is 0 Å². The van der Waals surface area contributed by atoms with Gasteiger partial charge in [-0.2, -0.15) is 0 Å². The molecule has 3 N–H and O–H groups in total. The van der Waals surface area contributed by atoms with Crippen molar-refractivity contribution >= 4 is 29.1 Å². The highest BCUT2D eigenvalue weighted by Gasteiger charge is 2.09. The molecule has 0 aliphatic carbocycles. The van der Waals surface area contributed by atoms with Gasteiger partial charge in [-0.25, -0.2) is 4.39 Å². The second-order valence-electron chi connectivity index (χ2n) is 4.85. The second-order valence-corrected chi connectivity index (χ2v) is 5.29. The number of carbonyl (C=O) groups is 2. The molecule has 7 heteroatoms. The van der Waals surface area contributed by atoms with Crippen molar-refractivity contribution < 1.29 is 14.0 Å². The number of amides is 2. The fraction of sp³-hybridized carbons (Fsp3) is 0.0588. The Morgan fingerprint density at radius 2 is 1.75 bits per heavy atom. The molecule has 0 unspecified atom stereocenters. The zero-order chi connectivity index (χ0) is 17.5. The first kappa shape index (κ1) is 17.5. The Kier molecular flexibility index (Phi) is 5.92. The minimum absolute atomic E-state index is 0.140. The second kappa shape index (κ2) is 8.12. The number of hydrogen-bond acceptors (Lipinski definition) is 3. The summed E-state index contributed by atoms with van der Waals surface area (Å²) in [5.74, 6) is -1.54. The van der Waals surface area contributed by atoms with E-state index in [-0.39, 0.29) is 12.1 Å². The first-order chi connectivity index (χ1) is 11.5. The van der Waals surface area contributed by atoms with Crippen LogP contribution < -0.4 is 16.2 Å². The predicted molar refractivity (Wildman–Crippen MR) is 90.5 cm³/mol. The van der Waals surface area contributed by atoms with Crippen molar-refractivity contribution in [1.29, 1.82) is 0 Å². The first-order valence-electron chi connectivity index (χ1n) is 6.99. The molecule has 0 spiro atoms. The average Bonchev–Trinajstić information content (AvgIpc) is 2.58. The molecular weight excluding hydrogens is 333 g/mol. The van der Waals surface area contributed by atoms with Crippen LogP contribution in [0.5, 0.6) is 0 Å². The Morgan fingerprint density at radius 3 is 2.42 bits per heavy atom. The Bertz CT molecular complexity index is 763. The fourth-order valence-corrected chi connectivity index (χ4v) is 1.93. The van der Waals surface area contributed by atoms with Crippen LogP contribution in [0.15, 0.2) is 55.1 Å². The molecule has 0 heterocycles. The highest BCUT2D eigenvalue weighted by atomic mass is 35.5. The van der Waals surface area contributed by atoms with Crippen molar-refractivity contribution in [2.24, 2.45) is 0 Å². The fourth-order valence-electron chi connectivity index (χ4n) is 1.80. The van der Waals surface area contributed by atoms with Crippen LogP contribution in [-0.4, -0.2) is 18.4 Å². The Balaban J connectivity index is 1.78. The molecule has 24 heavy (non-hydrogen) atoms. The van der Waals surface area contributed by atoms with Gasteiger partial charge in [0.1, 0.15) is 5.82 Å². The van der Waals surface area contributed by atoms with Crippen LogP contribution >= 0.6 is 11.6 Å². The molecule has 5 nitrogen and oxygen atoms in total. The molecule has 0 aliphatic heterocycles. The van der Waals surface area contributed by atoms with E-state index in [9.17, 15) is 14.0 Å². The third-order valence-corrected chi connectivity index (χ3v) is 3.29. The number of carbonyl (C=O) groups excluding carboxylic acids is 2. The van der Waals surface area contributed by atoms with Crippen LogP contribution in [0.3, 0.4) is 0 Å². The molecule has 2 amide bonds. The van der Waals surface area contributed by atoms with Crippen molar-refractivity contribution in [1.82, 2.24) is 16.2 Å². The van der Waals surface area contributed by atoms with E-state index in [1.165, 1.54) is 18.2 Å². The molecule has 0 bridgehead atoms. The quantitative estimate of drug-likeness (QED) is 0.703. The normalized spacial score (nSPS) is 9.92. The van der Waals surface area contributed by atoms with Crippen molar-refractivity contribution in [3.63, 3.8) is 0 Å². The number of nitrogens with one attached hydrogen (secondary N) is 3. The van der Waals surface area contributed by atoms with Gasteiger partial charge in [-0.05, 0) is 35.9 Å². The van der Waals surface area contributed by atoms with E-state index in [0.717, 1.165) is 11.6 Å². The van der Waals surface area contributed by atoms with Crippen molar-refractivity contribution in [2.45, 2.75) is 0 Å². The van der Waals surface area contributed by atoms with Gasteiger partial charge < -0.3 is 5.32 Å². The van der Waals surface area contributed by atoms with Crippen LogP contribution in [0.25, 0.3) is 5.70 Å². The van der Waals surface area contributed by atoms with E-state index in [0.29, 0.717) is 10.7 Å². The molecule has 0 saturated carbocycles. The van der Waals surface area contributed by atoms with Crippen molar-refractivity contribution in [2.75, 3.05) is 6.54 Å². The highest BCUT2D eigenvalue weighted by molar-refractivity contribution is 6.30. The van der Waals surface area contributed by atoms with E-state index < -0.39 is 17.6 Å². The van der Waals surface area contributed by atoms with Crippen LogP contribution in [0, 0.1) is 5.82 Å². The van der Waals surface area contributed by atoms with Crippen LogP contribution in [-0.2, 0) is 4.79 Å². The van der Waals surface area contributed by atoms with Crippen LogP contribution in [0.1, 0.15) is 15.9 Å². The third kappa shape index (κ3) is 5.10. The molecule has 0 radical (unpaired) electrons. The van der Waals surface area contributed by atoms with E-state index in [1.807, 2.05) is 0 Å². The molecule has 2 aromatic carbocycles. The van der Waals surface area contributed by atoms with E-state index in [2.05, 4.69) is 22.7 Å². The predicted octanol–water partition coefficient (Wildman–Crippen LogP) is 2.50. The molecule has 2 rings (SSSR count). The Hall–Kier alpha value is -2.86. The van der Waals surface area contributed by atoms with Gasteiger partial charge in [-0.15, -0.1) is 0 Å². The molecule has 0 atom stereocenters. The molecule has 0 fully saturated rings. The molecule has 0 aromatic heterocycles. The number of hydrogen-bond donors (Lipinski definition) is 3. The highest BCUT2D eigenvalue weighted by Crippen LogP contribution is 2.13. The first-order valence-corrected chi connectivity index (χ1v) is 7.37. The lowest BCUT2D eigenvalue weighted by Crippen LogP contribution is -2.42. The van der Waals surface area contributed by atoms with Crippen LogP contribution in [0.4, 0.5) is 4.39 Å². The summed E-state index contributed by atoms with van der Waals surface area (Å²) >= 11 is 5.79. The average molecular weight is 348 g/mol. The Morgan fingerprint density at radius 1 is 1.04 bits per heavy atom. The summed E-state index contributed by atoms with van der Waals surface area (Å²) in [6, 6.07) is 12.1. The summed E-state index contributed by atoms with van der Waals surface area (Å²) in [6.07, 6.45) is 0. The van der Waals surface area contributed by atoms with Gasteiger partial charge in [0.2, 0.25) is 0 Å². The van der Waals surface area contributed by atoms with E-state index in [1.54, 1.807) is 24.3 Å². The summed E-state index contributed by atoms with van der Waals surface area (Å²) in [4.78, 5) is 23.5. The summed E-state index contributed by atoms with van der Waals surface area (Å²) in [6.45, 7) is 3.51. The van der Waals surface area contributed by atoms with Gasteiger partial charge in [0.25, 0.3) is 11.8 Å². The minimum Gasteiger partial charge on any atom is -0.343 e. The molecular formula is C17H15ClFN3O2. The Labute approximate surface area is 143 Å². The number of benzene rings is 2. The number of hydrazine groups is 1. The van der Waals surface area contributed by atoms with Crippen LogP contribution in [0.2, 0.25) is 5.02 Å². The lowest BCUT2D eigenvalue weighted by atomic mass is 10.2. The van der Waals surface area contributed by atoms with Gasteiger partial charge in [-0.1, -0.05) is 36.4 Å². The van der Waals surface area contributed by atoms with Crippen molar-refractivity contribution in [3.05, 3.63) is 77.1 Å². The maximum Gasteiger partial charge on any atom is 0.257 e. The summed E-state index contributed by atoms with van der Waals surface area (Å²) in [5, 5.41) is 2.99. The topological polar surface area (TPSA) is 70.2 Å². The van der Waals surface area contributed by atoms with E-state index in [4.69, 9.17) is 11.6 Å². The van der Waals surface area contributed by atoms with Gasteiger partial charge in [-0.3, -0.25) is 20.4 Å². The third-order valence-electron chi connectivity index (χ3n) is 3.04. The van der Waals surface area contributed by atoms with Crippen molar-refractivity contribution in [3.8, 4) is 0 Å². The lowest BCUT2D eigenvalue weighted by molar-refractivity contribution is -0.120. The molecule has 0 aliphatic rings. The zero-order valence-electron chi connectivity index (χ0n) is 12.6. The van der Waals surface area contributed by atoms with Gasteiger partial charge in [0.15, 0.2) is 0 Å². The zero-order valence-corrected chi connectivity index (χ0v) is 13.4. The molecule has 124 valence electrons. The molecule has 2 aromatic rings. The summed E-state index contributed by atoms with van der Waals surface area (Å²) < 4.78 is 13.0. The maximum absolute atomic E-state index is 13.0. The smallest absolute Gasteiger partial charge is 0.257 e. The largest absolute Gasteiger partial charge is 0.343 e.